The molecule has 1 amide bonds. The summed E-state index contributed by atoms with van der Waals surface area (Å²) in [5.41, 5.74) is 3.71. The van der Waals surface area contributed by atoms with Crippen LogP contribution in [0.1, 0.15) is 26.7 Å². The molecule has 0 saturated heterocycles. The molecule has 23 heavy (non-hydrogen) atoms. The highest BCUT2D eigenvalue weighted by molar-refractivity contribution is 5.92. The molecule has 2 heterocycles. The van der Waals surface area contributed by atoms with Crippen molar-refractivity contribution in [3.05, 3.63) is 54.9 Å². The summed E-state index contributed by atoms with van der Waals surface area (Å²) in [7, 11) is 0. The number of hydrogen-bond donors (Lipinski definition) is 1. The van der Waals surface area contributed by atoms with Gasteiger partial charge in [0.2, 0.25) is 5.91 Å². The molecule has 1 N–H and O–H groups in total. The lowest BCUT2D eigenvalue weighted by Gasteiger charge is -2.12. The molecule has 118 valence electrons. The number of hydrogen-bond acceptors (Lipinski definition) is 2. The van der Waals surface area contributed by atoms with Gasteiger partial charge in [0.1, 0.15) is 5.65 Å². The average molecular weight is 307 g/mol. The van der Waals surface area contributed by atoms with E-state index < -0.39 is 0 Å². The fraction of sp³-hybridized carbons (Fsp3) is 0.263. The molecule has 2 aromatic heterocycles. The molecule has 0 atom stereocenters. The fourth-order valence-electron chi connectivity index (χ4n) is 2.70. The summed E-state index contributed by atoms with van der Waals surface area (Å²) in [6.45, 7) is 4.08. The number of anilines is 1. The number of benzene rings is 1. The molecule has 0 saturated carbocycles. The number of pyridine rings is 1. The summed E-state index contributed by atoms with van der Waals surface area (Å²) in [6, 6.07) is 13.8. The minimum Gasteiger partial charge on any atom is -0.326 e. The first-order valence-corrected chi connectivity index (χ1v) is 8.06. The van der Waals surface area contributed by atoms with E-state index in [1.54, 1.807) is 0 Å². The van der Waals surface area contributed by atoms with Gasteiger partial charge in [0.05, 0.1) is 5.69 Å². The van der Waals surface area contributed by atoms with Gasteiger partial charge in [-0.1, -0.05) is 32.0 Å². The van der Waals surface area contributed by atoms with Crippen molar-refractivity contribution in [2.24, 2.45) is 5.92 Å². The van der Waals surface area contributed by atoms with Gasteiger partial charge < -0.3 is 9.72 Å². The van der Waals surface area contributed by atoms with Crippen LogP contribution >= 0.6 is 0 Å². The Bertz CT molecular complexity index is 768. The number of nitrogens with one attached hydrogen (secondary N) is 1. The van der Waals surface area contributed by atoms with Gasteiger partial charge in [0, 0.05) is 29.6 Å². The van der Waals surface area contributed by atoms with Crippen molar-refractivity contribution in [2.45, 2.75) is 26.7 Å². The van der Waals surface area contributed by atoms with Crippen molar-refractivity contribution in [1.82, 2.24) is 9.38 Å². The first-order valence-electron chi connectivity index (χ1n) is 8.06. The summed E-state index contributed by atoms with van der Waals surface area (Å²) in [4.78, 5) is 16.7. The van der Waals surface area contributed by atoms with Crippen LogP contribution in [0.15, 0.2) is 54.9 Å². The average Bonchev–Trinajstić information content (AvgIpc) is 3.00. The van der Waals surface area contributed by atoms with Crippen LogP contribution in [-0.2, 0) is 4.79 Å². The summed E-state index contributed by atoms with van der Waals surface area (Å²) in [6.07, 6.45) is 5.71. The highest BCUT2D eigenvalue weighted by Gasteiger charge is 2.14. The molecule has 0 radical (unpaired) electrons. The third-order valence-corrected chi connectivity index (χ3v) is 4.17. The third kappa shape index (κ3) is 3.26. The highest BCUT2D eigenvalue weighted by Crippen LogP contribution is 2.22. The molecular weight excluding hydrogens is 286 g/mol. The summed E-state index contributed by atoms with van der Waals surface area (Å²) in [5, 5.41) is 2.98. The minimum absolute atomic E-state index is 0.0770. The first-order chi connectivity index (χ1) is 11.2. The Labute approximate surface area is 136 Å². The van der Waals surface area contributed by atoms with Crippen LogP contribution in [0.4, 0.5) is 5.69 Å². The number of carbonyl (C=O) groups excluding carboxylic acids is 1. The Hall–Kier alpha value is -2.62. The van der Waals surface area contributed by atoms with Crippen LogP contribution in [-0.4, -0.2) is 15.3 Å². The number of aromatic nitrogens is 2. The molecule has 4 nitrogen and oxygen atoms in total. The van der Waals surface area contributed by atoms with E-state index in [0.717, 1.165) is 35.4 Å². The van der Waals surface area contributed by atoms with Crippen molar-refractivity contribution in [3.8, 4) is 11.3 Å². The highest BCUT2D eigenvalue weighted by atomic mass is 16.1. The number of rotatable bonds is 5. The Morgan fingerprint density at radius 1 is 1.13 bits per heavy atom. The van der Waals surface area contributed by atoms with E-state index in [9.17, 15) is 4.79 Å². The van der Waals surface area contributed by atoms with Crippen molar-refractivity contribution >= 4 is 17.2 Å². The number of amides is 1. The van der Waals surface area contributed by atoms with Gasteiger partial charge >= 0.3 is 0 Å². The zero-order valence-electron chi connectivity index (χ0n) is 13.5. The van der Waals surface area contributed by atoms with E-state index >= 15 is 0 Å². The fourth-order valence-corrected chi connectivity index (χ4v) is 2.70. The van der Waals surface area contributed by atoms with Crippen LogP contribution in [0.25, 0.3) is 16.9 Å². The second-order valence-electron chi connectivity index (χ2n) is 5.67. The molecular formula is C19H21N3O. The van der Waals surface area contributed by atoms with Crippen LogP contribution in [0.5, 0.6) is 0 Å². The Morgan fingerprint density at radius 2 is 1.87 bits per heavy atom. The summed E-state index contributed by atoms with van der Waals surface area (Å²) in [5.74, 6) is 0.170. The monoisotopic (exact) mass is 307 g/mol. The number of fused-ring (bicyclic) bond motifs is 1. The predicted molar refractivity (Wildman–Crippen MR) is 93.3 cm³/mol. The van der Waals surface area contributed by atoms with E-state index in [2.05, 4.69) is 10.3 Å². The molecule has 0 fully saturated rings. The Balaban J connectivity index is 1.78. The summed E-state index contributed by atoms with van der Waals surface area (Å²) < 4.78 is 2.00. The quantitative estimate of drug-likeness (QED) is 0.760. The number of nitrogens with zero attached hydrogens (tertiary/aromatic N) is 2. The molecule has 3 rings (SSSR count). The zero-order chi connectivity index (χ0) is 16.2. The van der Waals surface area contributed by atoms with Gasteiger partial charge in [0.15, 0.2) is 0 Å². The van der Waals surface area contributed by atoms with Crippen molar-refractivity contribution < 1.29 is 4.79 Å². The smallest absolute Gasteiger partial charge is 0.227 e. The van der Waals surface area contributed by atoms with Gasteiger partial charge in [-0.25, -0.2) is 4.98 Å². The molecule has 0 aliphatic carbocycles. The van der Waals surface area contributed by atoms with Gasteiger partial charge in [-0.15, -0.1) is 0 Å². The van der Waals surface area contributed by atoms with Crippen molar-refractivity contribution in [3.63, 3.8) is 0 Å². The lowest BCUT2D eigenvalue weighted by molar-refractivity contribution is -0.120. The third-order valence-electron chi connectivity index (χ3n) is 4.17. The lowest BCUT2D eigenvalue weighted by Crippen LogP contribution is -2.21. The molecule has 1 aromatic carbocycles. The number of imidazole rings is 1. The van der Waals surface area contributed by atoms with Crippen molar-refractivity contribution in [1.29, 1.82) is 0 Å². The van der Waals surface area contributed by atoms with E-state index in [0.29, 0.717) is 0 Å². The standard InChI is InChI=1S/C19H21N3O/c1-3-14(4-2)19(23)20-16-10-8-15(9-11-16)17-13-22-12-6-5-7-18(22)21-17/h5-14H,3-4H2,1-2H3,(H,20,23). The molecule has 0 aliphatic heterocycles. The molecule has 4 heteroatoms. The van der Waals surface area contributed by atoms with Crippen molar-refractivity contribution in [2.75, 3.05) is 5.32 Å². The van der Waals surface area contributed by atoms with Crippen LogP contribution in [0.2, 0.25) is 0 Å². The van der Waals surface area contributed by atoms with Crippen LogP contribution in [0.3, 0.4) is 0 Å². The van der Waals surface area contributed by atoms with E-state index in [-0.39, 0.29) is 11.8 Å². The van der Waals surface area contributed by atoms with Crippen LogP contribution < -0.4 is 5.32 Å². The Kier molecular flexibility index (Phi) is 4.42. The molecule has 0 spiro atoms. The van der Waals surface area contributed by atoms with Gasteiger partial charge in [-0.3, -0.25) is 4.79 Å². The molecule has 3 aromatic rings. The molecule has 0 unspecified atom stereocenters. The molecule has 0 aliphatic rings. The first kappa shape index (κ1) is 15.3. The molecule has 0 bridgehead atoms. The largest absolute Gasteiger partial charge is 0.326 e. The van der Waals surface area contributed by atoms with E-state index in [1.165, 1.54) is 0 Å². The maximum atomic E-state index is 12.1. The number of carbonyl (C=O) groups is 1. The summed E-state index contributed by atoms with van der Waals surface area (Å²) >= 11 is 0. The maximum Gasteiger partial charge on any atom is 0.227 e. The topological polar surface area (TPSA) is 46.4 Å². The van der Waals surface area contributed by atoms with Gasteiger partial charge in [-0.2, -0.15) is 0 Å². The Morgan fingerprint density at radius 3 is 2.52 bits per heavy atom. The normalized spacial score (nSPS) is 11.1. The minimum atomic E-state index is 0.0770. The van der Waals surface area contributed by atoms with E-state index in [4.69, 9.17) is 0 Å². The second-order valence-corrected chi connectivity index (χ2v) is 5.67. The van der Waals surface area contributed by atoms with Gasteiger partial charge in [0.25, 0.3) is 0 Å². The lowest BCUT2D eigenvalue weighted by atomic mass is 10.0. The van der Waals surface area contributed by atoms with Crippen LogP contribution in [0, 0.1) is 5.92 Å². The predicted octanol–water partition coefficient (Wildman–Crippen LogP) is 4.38. The second kappa shape index (κ2) is 6.65. The van der Waals surface area contributed by atoms with E-state index in [1.807, 2.05) is 73.1 Å². The zero-order valence-corrected chi connectivity index (χ0v) is 13.5. The SMILES string of the molecule is CCC(CC)C(=O)Nc1ccc(-c2cn3ccccc3n2)cc1. The maximum absolute atomic E-state index is 12.1. The van der Waals surface area contributed by atoms with Gasteiger partial charge in [-0.05, 0) is 37.1 Å².